The Bertz CT molecular complexity index is 714. The number of nitrogens with zero attached hydrogens (tertiary/aromatic N) is 2. The molecule has 5 nitrogen and oxygen atoms in total. The molecule has 1 fully saturated rings. The lowest BCUT2D eigenvalue weighted by molar-refractivity contribution is -0.148. The van der Waals surface area contributed by atoms with Crippen molar-refractivity contribution in [2.45, 2.75) is 38.3 Å². The number of benzene rings is 1. The topological polar surface area (TPSA) is 59.5 Å². The van der Waals surface area contributed by atoms with Gasteiger partial charge >= 0.3 is 5.97 Å². The summed E-state index contributed by atoms with van der Waals surface area (Å²) in [6.45, 7) is 2.08. The summed E-state index contributed by atoms with van der Waals surface area (Å²) in [6.07, 6.45) is 5.47. The van der Waals surface area contributed by atoms with Crippen LogP contribution in [0.2, 0.25) is 0 Å². The van der Waals surface area contributed by atoms with Crippen LogP contribution in [0, 0.1) is 0 Å². The number of esters is 1. The molecule has 0 saturated heterocycles. The molecule has 1 aromatic carbocycles. The van der Waals surface area contributed by atoms with Gasteiger partial charge in [0.25, 0.3) is 5.91 Å². The van der Waals surface area contributed by atoms with Crippen molar-refractivity contribution in [2.24, 2.45) is 0 Å². The number of amides is 1. The minimum atomic E-state index is -0.615. The highest BCUT2D eigenvalue weighted by Crippen LogP contribution is 2.31. The van der Waals surface area contributed by atoms with Crippen molar-refractivity contribution in [1.82, 2.24) is 9.88 Å². The third-order valence-electron chi connectivity index (χ3n) is 4.27. The zero-order valence-corrected chi connectivity index (χ0v) is 14.3. The molecule has 0 spiro atoms. The van der Waals surface area contributed by atoms with Crippen molar-refractivity contribution >= 4 is 11.9 Å². The first kappa shape index (κ1) is 17.1. The second-order valence-electron chi connectivity index (χ2n) is 6.14. The predicted molar refractivity (Wildman–Crippen MR) is 94.0 cm³/mol. The molecule has 0 radical (unpaired) electrons. The lowest BCUT2D eigenvalue weighted by Gasteiger charge is -2.30. The van der Waals surface area contributed by atoms with Crippen LogP contribution in [0.5, 0.6) is 0 Å². The summed E-state index contributed by atoms with van der Waals surface area (Å²) in [5.41, 5.74) is 1.55. The van der Waals surface area contributed by atoms with E-state index >= 15 is 0 Å². The van der Waals surface area contributed by atoms with Gasteiger partial charge in [-0.2, -0.15) is 0 Å². The zero-order chi connectivity index (χ0) is 17.6. The zero-order valence-electron chi connectivity index (χ0n) is 14.3. The number of rotatable bonds is 7. The van der Waals surface area contributed by atoms with Crippen LogP contribution in [0.15, 0.2) is 54.9 Å². The number of hydrogen-bond donors (Lipinski definition) is 0. The predicted octanol–water partition coefficient (Wildman–Crippen LogP) is 2.86. The van der Waals surface area contributed by atoms with Gasteiger partial charge in [-0.05, 0) is 37.5 Å². The van der Waals surface area contributed by atoms with E-state index in [1.54, 1.807) is 36.4 Å². The van der Waals surface area contributed by atoms with Crippen LogP contribution in [0.1, 0.15) is 35.7 Å². The quantitative estimate of drug-likeness (QED) is 0.729. The average molecular weight is 338 g/mol. The Hall–Kier alpha value is -2.69. The fraction of sp³-hybridized carbons (Fsp3) is 0.350. The van der Waals surface area contributed by atoms with Gasteiger partial charge in [0.2, 0.25) is 0 Å². The molecule has 1 atom stereocenters. The van der Waals surface area contributed by atoms with E-state index in [0.717, 1.165) is 18.4 Å². The number of aromatic nitrogens is 1. The van der Waals surface area contributed by atoms with E-state index in [1.807, 2.05) is 30.3 Å². The smallest absolute Gasteiger partial charge is 0.329 e. The van der Waals surface area contributed by atoms with Crippen molar-refractivity contribution in [3.63, 3.8) is 0 Å². The monoisotopic (exact) mass is 338 g/mol. The van der Waals surface area contributed by atoms with E-state index < -0.39 is 6.04 Å². The Morgan fingerprint density at radius 1 is 1.16 bits per heavy atom. The van der Waals surface area contributed by atoms with Gasteiger partial charge in [-0.1, -0.05) is 30.3 Å². The first-order chi connectivity index (χ1) is 12.2. The normalized spacial score (nSPS) is 14.6. The summed E-state index contributed by atoms with van der Waals surface area (Å²) >= 11 is 0. The molecule has 130 valence electrons. The average Bonchev–Trinajstić information content (AvgIpc) is 3.48. The van der Waals surface area contributed by atoms with Crippen molar-refractivity contribution in [3.05, 3.63) is 66.0 Å². The minimum absolute atomic E-state index is 0.0961. The molecule has 1 aromatic heterocycles. The Morgan fingerprint density at radius 2 is 1.84 bits per heavy atom. The maximum absolute atomic E-state index is 13.1. The molecule has 1 aliphatic rings. The van der Waals surface area contributed by atoms with Crippen molar-refractivity contribution in [1.29, 1.82) is 0 Å². The molecule has 0 N–H and O–H groups in total. The molecular weight excluding hydrogens is 316 g/mol. The van der Waals surface area contributed by atoms with E-state index in [1.165, 1.54) is 0 Å². The maximum Gasteiger partial charge on any atom is 0.329 e. The van der Waals surface area contributed by atoms with Gasteiger partial charge in [0.1, 0.15) is 6.04 Å². The molecule has 1 saturated carbocycles. The number of carbonyl (C=O) groups is 2. The van der Waals surface area contributed by atoms with Crippen molar-refractivity contribution in [3.8, 4) is 0 Å². The van der Waals surface area contributed by atoms with Gasteiger partial charge in [0.15, 0.2) is 0 Å². The first-order valence-corrected chi connectivity index (χ1v) is 8.64. The summed E-state index contributed by atoms with van der Waals surface area (Å²) in [7, 11) is 0. The molecule has 1 amide bonds. The van der Waals surface area contributed by atoms with Crippen LogP contribution in [0.3, 0.4) is 0 Å². The fourth-order valence-corrected chi connectivity index (χ4v) is 2.93. The van der Waals surface area contributed by atoms with E-state index in [9.17, 15) is 9.59 Å². The summed E-state index contributed by atoms with van der Waals surface area (Å²) in [4.78, 5) is 31.4. The molecule has 25 heavy (non-hydrogen) atoms. The third-order valence-corrected chi connectivity index (χ3v) is 4.27. The molecule has 1 heterocycles. The number of carbonyl (C=O) groups excluding carboxylic acids is 2. The van der Waals surface area contributed by atoms with Gasteiger partial charge in [0.05, 0.1) is 6.61 Å². The summed E-state index contributed by atoms with van der Waals surface area (Å²) < 4.78 is 5.28. The minimum Gasteiger partial charge on any atom is -0.464 e. The van der Waals surface area contributed by atoms with Crippen LogP contribution in [0.25, 0.3) is 0 Å². The van der Waals surface area contributed by atoms with Crippen molar-refractivity contribution < 1.29 is 14.3 Å². The standard InChI is InChI=1S/C20H22N2O3/c1-2-25-20(24)18(14-15-6-4-3-5-7-15)22(17-8-9-17)19(23)16-10-12-21-13-11-16/h3-7,10-13,17-18H,2,8-9,14H2,1H3/t18-/m1/s1. The molecule has 0 aliphatic heterocycles. The molecule has 5 heteroatoms. The molecule has 0 unspecified atom stereocenters. The fourth-order valence-electron chi connectivity index (χ4n) is 2.93. The van der Waals surface area contributed by atoms with Gasteiger partial charge in [0, 0.05) is 30.4 Å². The van der Waals surface area contributed by atoms with Crippen LogP contribution in [-0.2, 0) is 16.0 Å². The number of pyridine rings is 1. The number of ether oxygens (including phenoxy) is 1. The third kappa shape index (κ3) is 4.24. The SMILES string of the molecule is CCOC(=O)[C@@H](Cc1ccccc1)N(C(=O)c1ccncc1)C1CC1. The lowest BCUT2D eigenvalue weighted by atomic mass is 10.0. The molecule has 1 aliphatic carbocycles. The Kier molecular flexibility index (Phi) is 5.43. The largest absolute Gasteiger partial charge is 0.464 e. The van der Waals surface area contributed by atoms with Gasteiger partial charge in [-0.15, -0.1) is 0 Å². The van der Waals surface area contributed by atoms with Crippen LogP contribution < -0.4 is 0 Å². The highest BCUT2D eigenvalue weighted by Gasteiger charge is 2.41. The van der Waals surface area contributed by atoms with Crippen LogP contribution in [0.4, 0.5) is 0 Å². The van der Waals surface area contributed by atoms with E-state index in [0.29, 0.717) is 18.6 Å². The Morgan fingerprint density at radius 3 is 2.44 bits per heavy atom. The highest BCUT2D eigenvalue weighted by atomic mass is 16.5. The maximum atomic E-state index is 13.1. The molecular formula is C20H22N2O3. The van der Waals surface area contributed by atoms with Crippen LogP contribution >= 0.6 is 0 Å². The Balaban J connectivity index is 1.90. The number of hydrogen-bond acceptors (Lipinski definition) is 4. The lowest BCUT2D eigenvalue weighted by Crippen LogP contribution is -2.48. The molecule has 2 aromatic rings. The van der Waals surface area contributed by atoms with Crippen LogP contribution in [-0.4, -0.2) is 40.5 Å². The second-order valence-corrected chi connectivity index (χ2v) is 6.14. The van der Waals surface area contributed by atoms with Gasteiger partial charge in [-0.3, -0.25) is 9.78 Å². The Labute approximate surface area is 147 Å². The van der Waals surface area contributed by atoms with E-state index in [-0.39, 0.29) is 17.9 Å². The molecule has 3 rings (SSSR count). The summed E-state index contributed by atoms with van der Waals surface area (Å²) in [5.74, 6) is -0.487. The van der Waals surface area contributed by atoms with E-state index in [2.05, 4.69) is 4.98 Å². The first-order valence-electron chi connectivity index (χ1n) is 8.64. The molecule has 0 bridgehead atoms. The summed E-state index contributed by atoms with van der Waals surface area (Å²) in [6, 6.07) is 12.6. The summed E-state index contributed by atoms with van der Waals surface area (Å²) in [5, 5.41) is 0. The van der Waals surface area contributed by atoms with E-state index in [4.69, 9.17) is 4.74 Å². The van der Waals surface area contributed by atoms with Crippen molar-refractivity contribution in [2.75, 3.05) is 6.61 Å². The second kappa shape index (κ2) is 7.92. The highest BCUT2D eigenvalue weighted by molar-refractivity contribution is 5.97. The van der Waals surface area contributed by atoms with Gasteiger partial charge in [-0.25, -0.2) is 4.79 Å². The van der Waals surface area contributed by atoms with Gasteiger partial charge < -0.3 is 9.64 Å².